The lowest BCUT2D eigenvalue weighted by Crippen LogP contribution is -2.33. The summed E-state index contributed by atoms with van der Waals surface area (Å²) in [5.74, 6) is -0.179. The van der Waals surface area contributed by atoms with Crippen molar-refractivity contribution >= 4 is 11.6 Å². The zero-order valence-electron chi connectivity index (χ0n) is 12.7. The summed E-state index contributed by atoms with van der Waals surface area (Å²) < 4.78 is 0. The molecule has 118 valence electrons. The van der Waals surface area contributed by atoms with Gasteiger partial charge in [-0.2, -0.15) is 0 Å². The third-order valence-corrected chi connectivity index (χ3v) is 4.40. The molecule has 5 heteroatoms. The van der Waals surface area contributed by atoms with E-state index < -0.39 is 4.92 Å². The van der Waals surface area contributed by atoms with Gasteiger partial charge in [-0.3, -0.25) is 14.9 Å². The lowest BCUT2D eigenvalue weighted by atomic mass is 9.96. The molecule has 0 atom stereocenters. The number of para-hydroxylation sites is 1. The Bertz CT molecular complexity index is 724. The number of carbonyl (C=O) groups is 1. The molecule has 0 spiro atoms. The molecule has 0 saturated heterocycles. The van der Waals surface area contributed by atoms with E-state index in [0.29, 0.717) is 12.1 Å². The van der Waals surface area contributed by atoms with Crippen LogP contribution in [0.15, 0.2) is 54.6 Å². The van der Waals surface area contributed by atoms with E-state index >= 15 is 0 Å². The maximum absolute atomic E-state index is 12.2. The number of nitro groups is 1. The molecule has 0 bridgehead atoms. The van der Waals surface area contributed by atoms with Crippen LogP contribution in [0.3, 0.4) is 0 Å². The third kappa shape index (κ3) is 3.39. The van der Waals surface area contributed by atoms with Crippen LogP contribution >= 0.6 is 0 Å². The first-order chi connectivity index (χ1) is 11.1. The van der Waals surface area contributed by atoms with E-state index in [9.17, 15) is 14.9 Å². The van der Waals surface area contributed by atoms with Crippen LogP contribution < -0.4 is 5.32 Å². The lowest BCUT2D eigenvalue weighted by Gasteiger charge is -2.16. The summed E-state index contributed by atoms with van der Waals surface area (Å²) >= 11 is 0. The Labute approximate surface area is 134 Å². The van der Waals surface area contributed by atoms with Crippen LogP contribution in [-0.4, -0.2) is 17.4 Å². The Morgan fingerprint density at radius 2 is 1.74 bits per heavy atom. The number of nitro benzene ring substituents is 1. The zero-order valence-corrected chi connectivity index (χ0v) is 12.7. The Morgan fingerprint density at radius 1 is 1.09 bits per heavy atom. The van der Waals surface area contributed by atoms with Crippen LogP contribution in [0.25, 0.3) is 0 Å². The number of hydrogen-bond acceptors (Lipinski definition) is 3. The molecule has 0 aromatic heterocycles. The van der Waals surface area contributed by atoms with E-state index in [4.69, 9.17) is 0 Å². The molecule has 0 unspecified atom stereocenters. The maximum Gasteiger partial charge on any atom is 0.273 e. The predicted octanol–water partition coefficient (Wildman–Crippen LogP) is 2.99. The van der Waals surface area contributed by atoms with Gasteiger partial charge in [0.2, 0.25) is 5.91 Å². The fraction of sp³-hybridized carbons (Fsp3) is 0.278. The summed E-state index contributed by atoms with van der Waals surface area (Å²) in [6, 6.07) is 16.5. The fourth-order valence-corrected chi connectivity index (χ4v) is 2.85. The molecular weight excluding hydrogens is 292 g/mol. The highest BCUT2D eigenvalue weighted by Crippen LogP contribution is 2.47. The van der Waals surface area contributed by atoms with Crippen LogP contribution in [0.2, 0.25) is 0 Å². The van der Waals surface area contributed by atoms with Crippen molar-refractivity contribution in [3.8, 4) is 0 Å². The molecule has 1 amide bonds. The number of amides is 1. The van der Waals surface area contributed by atoms with E-state index in [1.165, 1.54) is 11.6 Å². The van der Waals surface area contributed by atoms with E-state index in [-0.39, 0.29) is 23.4 Å². The molecule has 1 saturated carbocycles. The molecule has 23 heavy (non-hydrogen) atoms. The monoisotopic (exact) mass is 310 g/mol. The molecule has 0 radical (unpaired) electrons. The summed E-state index contributed by atoms with van der Waals surface area (Å²) in [7, 11) is 0. The van der Waals surface area contributed by atoms with Crippen molar-refractivity contribution in [2.45, 2.75) is 24.7 Å². The first-order valence-electron chi connectivity index (χ1n) is 7.65. The molecule has 1 aliphatic rings. The van der Waals surface area contributed by atoms with Gasteiger partial charge >= 0.3 is 0 Å². The molecule has 2 aromatic rings. The van der Waals surface area contributed by atoms with Gasteiger partial charge in [-0.25, -0.2) is 0 Å². The smallest absolute Gasteiger partial charge is 0.273 e. The fourth-order valence-electron chi connectivity index (χ4n) is 2.85. The van der Waals surface area contributed by atoms with Crippen LogP contribution in [0.4, 0.5) is 5.69 Å². The highest BCUT2D eigenvalue weighted by molar-refractivity contribution is 5.80. The summed E-state index contributed by atoms with van der Waals surface area (Å²) in [6.07, 6.45) is 2.15. The van der Waals surface area contributed by atoms with E-state index in [1.807, 2.05) is 18.2 Å². The first kappa shape index (κ1) is 15.2. The highest BCUT2D eigenvalue weighted by Gasteiger charge is 2.44. The Hall–Kier alpha value is -2.69. The van der Waals surface area contributed by atoms with Gasteiger partial charge < -0.3 is 5.32 Å². The average molecular weight is 310 g/mol. The molecule has 5 nitrogen and oxygen atoms in total. The van der Waals surface area contributed by atoms with Crippen molar-refractivity contribution in [2.75, 3.05) is 6.54 Å². The second kappa shape index (κ2) is 6.20. The van der Waals surface area contributed by atoms with Crippen molar-refractivity contribution in [3.05, 3.63) is 75.8 Å². The minimum absolute atomic E-state index is 0.00755. The predicted molar refractivity (Wildman–Crippen MR) is 87.2 cm³/mol. The molecular formula is C18H18N2O3. The van der Waals surface area contributed by atoms with Gasteiger partial charge in [-0.1, -0.05) is 48.5 Å². The minimum atomic E-state index is -0.449. The number of benzene rings is 2. The SMILES string of the molecule is O=C(Cc1ccccc1[N+](=O)[O-])NCC1(c2ccccc2)CC1. The van der Waals surface area contributed by atoms with E-state index in [1.54, 1.807) is 18.2 Å². The van der Waals surface area contributed by atoms with E-state index in [0.717, 1.165) is 12.8 Å². The summed E-state index contributed by atoms with van der Waals surface area (Å²) in [5, 5.41) is 13.9. The largest absolute Gasteiger partial charge is 0.355 e. The van der Waals surface area contributed by atoms with Gasteiger partial charge in [0.25, 0.3) is 5.69 Å². The van der Waals surface area contributed by atoms with Crippen LogP contribution in [0, 0.1) is 10.1 Å². The molecule has 0 heterocycles. The van der Waals surface area contributed by atoms with Crippen molar-refractivity contribution in [3.63, 3.8) is 0 Å². The maximum atomic E-state index is 12.2. The topological polar surface area (TPSA) is 72.2 Å². The number of nitrogens with one attached hydrogen (secondary N) is 1. The summed E-state index contributed by atoms with van der Waals surface area (Å²) in [4.78, 5) is 22.7. The normalized spacial score (nSPS) is 15.0. The average Bonchev–Trinajstić information content (AvgIpc) is 3.35. The van der Waals surface area contributed by atoms with Crippen molar-refractivity contribution in [1.82, 2.24) is 5.32 Å². The van der Waals surface area contributed by atoms with Gasteiger partial charge in [0.15, 0.2) is 0 Å². The number of hydrogen-bond donors (Lipinski definition) is 1. The zero-order chi connectivity index (χ0) is 16.3. The quantitative estimate of drug-likeness (QED) is 0.658. The van der Waals surface area contributed by atoms with Gasteiger partial charge in [0.05, 0.1) is 11.3 Å². The van der Waals surface area contributed by atoms with Gasteiger partial charge in [-0.15, -0.1) is 0 Å². The summed E-state index contributed by atoms with van der Waals surface area (Å²) in [5.41, 5.74) is 1.72. The van der Waals surface area contributed by atoms with E-state index in [2.05, 4.69) is 17.4 Å². The van der Waals surface area contributed by atoms with Gasteiger partial charge in [0.1, 0.15) is 0 Å². The lowest BCUT2D eigenvalue weighted by molar-refractivity contribution is -0.385. The van der Waals surface area contributed by atoms with Crippen molar-refractivity contribution < 1.29 is 9.72 Å². The molecule has 1 aliphatic carbocycles. The van der Waals surface area contributed by atoms with Crippen LogP contribution in [0.1, 0.15) is 24.0 Å². The Balaban J connectivity index is 1.62. The standard InChI is InChI=1S/C18H18N2O3/c21-17(12-14-6-4-5-9-16(14)20(22)23)19-13-18(10-11-18)15-7-2-1-3-8-15/h1-9H,10-13H2,(H,19,21). The van der Waals surface area contributed by atoms with Crippen molar-refractivity contribution in [2.24, 2.45) is 0 Å². The molecule has 1 N–H and O–H groups in total. The van der Waals surface area contributed by atoms with Gasteiger partial charge in [-0.05, 0) is 18.4 Å². The van der Waals surface area contributed by atoms with Crippen molar-refractivity contribution in [1.29, 1.82) is 0 Å². The third-order valence-electron chi connectivity index (χ3n) is 4.40. The molecule has 3 rings (SSSR count). The summed E-state index contributed by atoms with van der Waals surface area (Å²) in [6.45, 7) is 0.580. The number of carbonyl (C=O) groups excluding carboxylic acids is 1. The number of nitrogens with zero attached hydrogens (tertiary/aromatic N) is 1. The highest BCUT2D eigenvalue weighted by atomic mass is 16.6. The molecule has 2 aromatic carbocycles. The molecule has 0 aliphatic heterocycles. The number of rotatable bonds is 6. The second-order valence-electron chi connectivity index (χ2n) is 5.99. The Morgan fingerprint density at radius 3 is 2.39 bits per heavy atom. The Kier molecular flexibility index (Phi) is 4.10. The van der Waals surface area contributed by atoms with Crippen LogP contribution in [0.5, 0.6) is 0 Å². The second-order valence-corrected chi connectivity index (χ2v) is 5.99. The van der Waals surface area contributed by atoms with Crippen LogP contribution in [-0.2, 0) is 16.6 Å². The first-order valence-corrected chi connectivity index (χ1v) is 7.65. The molecule has 1 fully saturated rings. The van der Waals surface area contributed by atoms with Gasteiger partial charge in [0, 0.05) is 23.6 Å². The minimum Gasteiger partial charge on any atom is -0.355 e.